The fraction of sp³-hybridized carbons (Fsp3) is 0.667. The number of hydrogen-bond donors (Lipinski definition) is 2. The Labute approximate surface area is 90.3 Å². The lowest BCUT2D eigenvalue weighted by molar-refractivity contribution is -0.117. The van der Waals surface area contributed by atoms with Crippen LogP contribution in [0.3, 0.4) is 0 Å². The largest absolute Gasteiger partial charge is 0.334 e. The maximum absolute atomic E-state index is 11.2. The molecule has 0 aromatic rings. The molecule has 0 aliphatic rings. The molecule has 0 aliphatic carbocycles. The predicted molar refractivity (Wildman–Crippen MR) is 57.8 cm³/mol. The summed E-state index contributed by atoms with van der Waals surface area (Å²) >= 11 is 0. The summed E-state index contributed by atoms with van der Waals surface area (Å²) in [5.74, 6) is -0.561. The van der Waals surface area contributed by atoms with Gasteiger partial charge in [-0.25, -0.2) is 0 Å². The molecule has 0 saturated heterocycles. The van der Waals surface area contributed by atoms with Crippen LogP contribution < -0.4 is 5.32 Å². The van der Waals surface area contributed by atoms with Crippen molar-refractivity contribution in [2.45, 2.75) is 38.5 Å². The molecule has 15 heavy (non-hydrogen) atoms. The number of hydrogen-bond acceptors (Lipinski definition) is 3. The quantitative estimate of drug-likeness (QED) is 0.533. The van der Waals surface area contributed by atoms with Gasteiger partial charge in [0.2, 0.25) is 5.91 Å². The van der Waals surface area contributed by atoms with Crippen LogP contribution in [0.25, 0.3) is 0 Å². The molecule has 0 fully saturated rings. The van der Waals surface area contributed by atoms with Crippen LogP contribution in [0.15, 0.2) is 12.2 Å². The molecule has 6 heteroatoms. The number of unbranched alkanes of at least 4 members (excludes halogenated alkanes) is 1. The lowest BCUT2D eigenvalue weighted by atomic mass is 10.2. The third-order valence-electron chi connectivity index (χ3n) is 1.86. The Balaban J connectivity index is 4.53. The molecular weight excluding hydrogens is 218 g/mol. The first-order valence-electron chi connectivity index (χ1n) is 4.71. The van der Waals surface area contributed by atoms with E-state index in [1.165, 1.54) is 6.92 Å². The first-order chi connectivity index (χ1) is 6.79. The molecule has 0 bridgehead atoms. The SMILES string of the molecule is C=C(C)C(=O)NC(CCCC)S(=O)(=O)O. The van der Waals surface area contributed by atoms with Crippen LogP contribution in [-0.2, 0) is 14.9 Å². The van der Waals surface area contributed by atoms with Gasteiger partial charge in [-0.2, -0.15) is 8.42 Å². The second-order valence-corrected chi connectivity index (χ2v) is 5.00. The summed E-state index contributed by atoms with van der Waals surface area (Å²) in [5.41, 5.74) is 0.208. The topological polar surface area (TPSA) is 83.5 Å². The van der Waals surface area contributed by atoms with E-state index >= 15 is 0 Å². The number of carbonyl (C=O) groups excluding carboxylic acids is 1. The van der Waals surface area contributed by atoms with E-state index in [-0.39, 0.29) is 12.0 Å². The zero-order chi connectivity index (χ0) is 12.1. The summed E-state index contributed by atoms with van der Waals surface area (Å²) in [6.45, 7) is 6.74. The normalized spacial score (nSPS) is 13.3. The second-order valence-electron chi connectivity index (χ2n) is 3.40. The van der Waals surface area contributed by atoms with E-state index in [4.69, 9.17) is 4.55 Å². The molecule has 0 aromatic carbocycles. The molecule has 0 rings (SSSR count). The summed E-state index contributed by atoms with van der Waals surface area (Å²) < 4.78 is 30.7. The van der Waals surface area contributed by atoms with Crippen molar-refractivity contribution in [1.82, 2.24) is 5.32 Å². The second kappa shape index (κ2) is 5.87. The molecule has 88 valence electrons. The molecule has 0 aliphatic heterocycles. The van der Waals surface area contributed by atoms with Crippen molar-refractivity contribution < 1.29 is 17.8 Å². The van der Waals surface area contributed by atoms with Crippen LogP contribution in [0.4, 0.5) is 0 Å². The van der Waals surface area contributed by atoms with E-state index in [1.807, 2.05) is 6.92 Å². The molecule has 0 saturated carbocycles. The third kappa shape index (κ3) is 5.54. The van der Waals surface area contributed by atoms with E-state index in [0.29, 0.717) is 6.42 Å². The Morgan fingerprint density at radius 3 is 2.40 bits per heavy atom. The van der Waals surface area contributed by atoms with Gasteiger partial charge < -0.3 is 5.32 Å². The first kappa shape index (κ1) is 14.1. The average molecular weight is 235 g/mol. The molecule has 2 N–H and O–H groups in total. The standard InChI is InChI=1S/C9H17NO4S/c1-4-5-6-8(15(12,13)14)10-9(11)7(2)3/h8H,2,4-6H2,1,3H3,(H,10,11)(H,12,13,14). The highest BCUT2D eigenvalue weighted by atomic mass is 32.2. The Bertz CT molecular complexity index is 334. The average Bonchev–Trinajstić information content (AvgIpc) is 2.09. The summed E-state index contributed by atoms with van der Waals surface area (Å²) in [6, 6.07) is 0. The van der Waals surface area contributed by atoms with Crippen molar-refractivity contribution in [3.8, 4) is 0 Å². The van der Waals surface area contributed by atoms with Crippen LogP contribution in [0.1, 0.15) is 33.1 Å². The lowest BCUT2D eigenvalue weighted by Gasteiger charge is -2.15. The van der Waals surface area contributed by atoms with Gasteiger partial charge in [-0.3, -0.25) is 9.35 Å². The van der Waals surface area contributed by atoms with E-state index in [0.717, 1.165) is 6.42 Å². The number of carbonyl (C=O) groups is 1. The number of amides is 1. The minimum absolute atomic E-state index is 0.203. The fourth-order valence-corrected chi connectivity index (χ4v) is 1.67. The summed E-state index contributed by atoms with van der Waals surface area (Å²) in [4.78, 5) is 11.2. The zero-order valence-electron chi connectivity index (χ0n) is 8.99. The summed E-state index contributed by atoms with van der Waals surface area (Å²) in [5, 5.41) is 0.980. The van der Waals surface area contributed by atoms with E-state index < -0.39 is 21.4 Å². The van der Waals surface area contributed by atoms with Gasteiger partial charge in [-0.1, -0.05) is 26.3 Å². The van der Waals surface area contributed by atoms with Crippen molar-refractivity contribution in [2.24, 2.45) is 0 Å². The van der Waals surface area contributed by atoms with Crippen LogP contribution in [-0.4, -0.2) is 24.3 Å². The van der Waals surface area contributed by atoms with Crippen molar-refractivity contribution in [1.29, 1.82) is 0 Å². The highest BCUT2D eigenvalue weighted by Crippen LogP contribution is 2.07. The maximum Gasteiger partial charge on any atom is 0.286 e. The molecule has 0 aromatic heterocycles. The first-order valence-corrected chi connectivity index (χ1v) is 6.22. The zero-order valence-corrected chi connectivity index (χ0v) is 9.80. The predicted octanol–water partition coefficient (Wildman–Crippen LogP) is 1.08. The van der Waals surface area contributed by atoms with Crippen molar-refractivity contribution >= 4 is 16.0 Å². The van der Waals surface area contributed by atoms with Gasteiger partial charge in [-0.15, -0.1) is 0 Å². The molecule has 1 atom stereocenters. The molecule has 1 amide bonds. The van der Waals surface area contributed by atoms with Gasteiger partial charge >= 0.3 is 0 Å². The number of rotatable bonds is 6. The lowest BCUT2D eigenvalue weighted by Crippen LogP contribution is -2.40. The van der Waals surface area contributed by atoms with Gasteiger partial charge in [0.25, 0.3) is 10.1 Å². The highest BCUT2D eigenvalue weighted by molar-refractivity contribution is 7.86. The summed E-state index contributed by atoms with van der Waals surface area (Å²) in [6.07, 6.45) is 1.60. The molecule has 0 heterocycles. The van der Waals surface area contributed by atoms with Gasteiger partial charge in [0.05, 0.1) is 0 Å². The van der Waals surface area contributed by atoms with E-state index in [1.54, 1.807) is 0 Å². The molecule has 5 nitrogen and oxygen atoms in total. The van der Waals surface area contributed by atoms with Crippen molar-refractivity contribution in [3.05, 3.63) is 12.2 Å². The Morgan fingerprint density at radius 2 is 2.07 bits per heavy atom. The molecular formula is C9H17NO4S. The van der Waals surface area contributed by atoms with E-state index in [2.05, 4.69) is 11.9 Å². The van der Waals surface area contributed by atoms with Gasteiger partial charge in [0.1, 0.15) is 0 Å². The Morgan fingerprint density at radius 1 is 1.53 bits per heavy atom. The monoisotopic (exact) mass is 235 g/mol. The van der Waals surface area contributed by atoms with E-state index in [9.17, 15) is 13.2 Å². The molecule has 1 unspecified atom stereocenters. The fourth-order valence-electron chi connectivity index (χ4n) is 0.954. The van der Waals surface area contributed by atoms with Gasteiger partial charge in [0.15, 0.2) is 5.37 Å². The van der Waals surface area contributed by atoms with Crippen molar-refractivity contribution in [2.75, 3.05) is 0 Å². The number of nitrogens with one attached hydrogen (secondary N) is 1. The Hall–Kier alpha value is -0.880. The van der Waals surface area contributed by atoms with Crippen LogP contribution in [0.5, 0.6) is 0 Å². The summed E-state index contributed by atoms with van der Waals surface area (Å²) in [7, 11) is -4.24. The molecule has 0 radical (unpaired) electrons. The third-order valence-corrected chi connectivity index (χ3v) is 2.93. The highest BCUT2D eigenvalue weighted by Gasteiger charge is 2.24. The smallest absolute Gasteiger partial charge is 0.286 e. The van der Waals surface area contributed by atoms with Gasteiger partial charge in [-0.05, 0) is 13.3 Å². The van der Waals surface area contributed by atoms with Crippen LogP contribution in [0, 0.1) is 0 Å². The minimum atomic E-state index is -4.24. The Kier molecular flexibility index (Phi) is 5.53. The van der Waals surface area contributed by atoms with Crippen LogP contribution >= 0.6 is 0 Å². The van der Waals surface area contributed by atoms with Gasteiger partial charge in [0, 0.05) is 5.57 Å². The molecule has 0 spiro atoms. The maximum atomic E-state index is 11.2. The minimum Gasteiger partial charge on any atom is -0.334 e. The van der Waals surface area contributed by atoms with Crippen LogP contribution in [0.2, 0.25) is 0 Å². The van der Waals surface area contributed by atoms with Crippen molar-refractivity contribution in [3.63, 3.8) is 0 Å².